The maximum absolute atomic E-state index is 10.9. The molecule has 0 spiro atoms. The van der Waals surface area contributed by atoms with Crippen molar-refractivity contribution in [2.45, 2.75) is 0 Å². The van der Waals surface area contributed by atoms with Gasteiger partial charge in [-0.25, -0.2) is 5.84 Å². The molecular weight excluding hydrogens is 315 g/mol. The molecule has 0 heterocycles. The van der Waals surface area contributed by atoms with Crippen LogP contribution < -0.4 is 20.7 Å². The molecule has 0 aromatic heterocycles. The molecule has 7 heteroatoms. The number of hydrogen-bond donors (Lipinski definition) is 2. The maximum Gasteiger partial charge on any atom is 0.271 e. The molecule has 5 nitrogen and oxygen atoms in total. The van der Waals surface area contributed by atoms with Gasteiger partial charge in [-0.05, 0) is 42.5 Å². The first-order valence-electron chi connectivity index (χ1n) is 5.93. The molecule has 21 heavy (non-hydrogen) atoms. The Labute approximate surface area is 131 Å². The van der Waals surface area contributed by atoms with Crippen LogP contribution in [0.4, 0.5) is 0 Å². The molecule has 1 amide bonds. The standard InChI is InChI=1S/C14H12Cl2N2O3/c15-9-1-6-13(12(16)7-9)21-11-4-2-10(3-5-11)20-8-14(19)18-17/h1-7H,8,17H2,(H,18,19). The highest BCUT2D eigenvalue weighted by molar-refractivity contribution is 6.35. The first-order valence-corrected chi connectivity index (χ1v) is 6.69. The van der Waals surface area contributed by atoms with Gasteiger partial charge in [0.05, 0.1) is 5.02 Å². The summed E-state index contributed by atoms with van der Waals surface area (Å²) in [4.78, 5) is 10.9. The lowest BCUT2D eigenvalue weighted by atomic mass is 10.3. The number of carbonyl (C=O) groups is 1. The van der Waals surface area contributed by atoms with Crippen LogP contribution in [0, 0.1) is 0 Å². The van der Waals surface area contributed by atoms with Crippen LogP contribution in [-0.2, 0) is 4.79 Å². The zero-order valence-electron chi connectivity index (χ0n) is 10.8. The summed E-state index contributed by atoms with van der Waals surface area (Å²) in [6.45, 7) is -0.153. The predicted octanol–water partition coefficient (Wildman–Crippen LogP) is 3.15. The first-order chi connectivity index (χ1) is 10.1. The summed E-state index contributed by atoms with van der Waals surface area (Å²) in [7, 11) is 0. The molecule has 0 radical (unpaired) electrons. The van der Waals surface area contributed by atoms with Crippen molar-refractivity contribution in [2.24, 2.45) is 5.84 Å². The summed E-state index contributed by atoms with van der Waals surface area (Å²) in [5.41, 5.74) is 1.98. The Balaban J connectivity index is 2.00. The molecule has 0 aliphatic rings. The third-order valence-corrected chi connectivity index (χ3v) is 3.01. The minimum Gasteiger partial charge on any atom is -0.484 e. The summed E-state index contributed by atoms with van der Waals surface area (Å²) in [6.07, 6.45) is 0. The summed E-state index contributed by atoms with van der Waals surface area (Å²) < 4.78 is 10.8. The molecule has 0 aliphatic carbocycles. The van der Waals surface area contributed by atoms with Crippen molar-refractivity contribution in [1.29, 1.82) is 0 Å². The van der Waals surface area contributed by atoms with Crippen molar-refractivity contribution >= 4 is 29.1 Å². The van der Waals surface area contributed by atoms with E-state index in [2.05, 4.69) is 0 Å². The molecule has 0 aliphatic heterocycles. The van der Waals surface area contributed by atoms with E-state index in [1.807, 2.05) is 5.43 Å². The van der Waals surface area contributed by atoms with E-state index in [-0.39, 0.29) is 6.61 Å². The van der Waals surface area contributed by atoms with Gasteiger partial charge in [0.2, 0.25) is 0 Å². The van der Waals surface area contributed by atoms with E-state index in [1.54, 1.807) is 42.5 Å². The Morgan fingerprint density at radius 1 is 1.10 bits per heavy atom. The second-order valence-corrected chi connectivity index (χ2v) is 4.85. The van der Waals surface area contributed by atoms with Gasteiger partial charge in [0, 0.05) is 5.02 Å². The van der Waals surface area contributed by atoms with E-state index in [0.29, 0.717) is 27.3 Å². The number of hydrogen-bond acceptors (Lipinski definition) is 4. The highest BCUT2D eigenvalue weighted by Gasteiger charge is 2.05. The molecule has 0 bridgehead atoms. The molecule has 2 rings (SSSR count). The smallest absolute Gasteiger partial charge is 0.271 e. The number of hydrazine groups is 1. The lowest BCUT2D eigenvalue weighted by Crippen LogP contribution is -2.34. The van der Waals surface area contributed by atoms with Crippen LogP contribution in [0.3, 0.4) is 0 Å². The second-order valence-electron chi connectivity index (χ2n) is 4.00. The van der Waals surface area contributed by atoms with Crippen molar-refractivity contribution in [2.75, 3.05) is 6.61 Å². The van der Waals surface area contributed by atoms with E-state index >= 15 is 0 Å². The van der Waals surface area contributed by atoms with Crippen LogP contribution in [0.25, 0.3) is 0 Å². The van der Waals surface area contributed by atoms with E-state index in [9.17, 15) is 4.79 Å². The molecule has 0 fully saturated rings. The molecule has 3 N–H and O–H groups in total. The minimum absolute atomic E-state index is 0.153. The number of ether oxygens (including phenoxy) is 2. The Morgan fingerprint density at radius 3 is 2.38 bits per heavy atom. The second kappa shape index (κ2) is 7.17. The molecule has 0 saturated heterocycles. The van der Waals surface area contributed by atoms with Gasteiger partial charge in [-0.3, -0.25) is 10.2 Å². The molecule has 110 valence electrons. The Morgan fingerprint density at radius 2 is 1.76 bits per heavy atom. The van der Waals surface area contributed by atoms with Gasteiger partial charge >= 0.3 is 0 Å². The van der Waals surface area contributed by atoms with E-state index in [4.69, 9.17) is 38.5 Å². The van der Waals surface area contributed by atoms with Gasteiger partial charge in [0.1, 0.15) is 17.2 Å². The van der Waals surface area contributed by atoms with Crippen LogP contribution in [0.15, 0.2) is 42.5 Å². The van der Waals surface area contributed by atoms with E-state index in [1.165, 1.54) is 0 Å². The zero-order valence-corrected chi connectivity index (χ0v) is 12.3. The number of nitrogens with one attached hydrogen (secondary N) is 1. The SMILES string of the molecule is NNC(=O)COc1ccc(Oc2ccc(Cl)cc2Cl)cc1. The molecule has 0 atom stereocenters. The Bertz CT molecular complexity index is 633. The minimum atomic E-state index is -0.414. The van der Waals surface area contributed by atoms with Crippen molar-refractivity contribution in [3.05, 3.63) is 52.5 Å². The third-order valence-electron chi connectivity index (χ3n) is 2.48. The average Bonchev–Trinajstić information content (AvgIpc) is 2.49. The normalized spacial score (nSPS) is 10.0. The summed E-state index contributed by atoms with van der Waals surface area (Å²) in [5, 5.41) is 0.955. The van der Waals surface area contributed by atoms with Gasteiger partial charge in [-0.15, -0.1) is 0 Å². The van der Waals surface area contributed by atoms with Crippen molar-refractivity contribution in [1.82, 2.24) is 5.43 Å². The number of benzene rings is 2. The van der Waals surface area contributed by atoms with Crippen LogP contribution >= 0.6 is 23.2 Å². The van der Waals surface area contributed by atoms with Crippen molar-refractivity contribution in [3.8, 4) is 17.2 Å². The third kappa shape index (κ3) is 4.53. The number of amides is 1. The van der Waals surface area contributed by atoms with Gasteiger partial charge < -0.3 is 9.47 Å². The fourth-order valence-corrected chi connectivity index (χ4v) is 1.93. The number of nitrogens with two attached hydrogens (primary N) is 1. The quantitative estimate of drug-likeness (QED) is 0.503. The Kier molecular flexibility index (Phi) is 5.27. The fourth-order valence-electron chi connectivity index (χ4n) is 1.48. The van der Waals surface area contributed by atoms with Crippen LogP contribution in [0.1, 0.15) is 0 Å². The molecule has 0 saturated carbocycles. The monoisotopic (exact) mass is 326 g/mol. The van der Waals surface area contributed by atoms with Crippen molar-refractivity contribution in [3.63, 3.8) is 0 Å². The largest absolute Gasteiger partial charge is 0.484 e. The summed E-state index contributed by atoms with van der Waals surface area (Å²) in [5.74, 6) is 6.13. The number of halogens is 2. The maximum atomic E-state index is 10.9. The lowest BCUT2D eigenvalue weighted by Gasteiger charge is -2.09. The van der Waals surface area contributed by atoms with Crippen LogP contribution in [-0.4, -0.2) is 12.5 Å². The highest BCUT2D eigenvalue weighted by Crippen LogP contribution is 2.32. The Hall–Kier alpha value is -1.95. The van der Waals surface area contributed by atoms with Gasteiger partial charge in [0.15, 0.2) is 6.61 Å². The summed E-state index contributed by atoms with van der Waals surface area (Å²) >= 11 is 11.8. The van der Waals surface area contributed by atoms with E-state index < -0.39 is 5.91 Å². The van der Waals surface area contributed by atoms with Gasteiger partial charge in [-0.2, -0.15) is 0 Å². The van der Waals surface area contributed by atoms with Crippen LogP contribution in [0.5, 0.6) is 17.2 Å². The van der Waals surface area contributed by atoms with Crippen LogP contribution in [0.2, 0.25) is 10.0 Å². The fraction of sp³-hybridized carbons (Fsp3) is 0.0714. The molecule has 2 aromatic rings. The number of carbonyl (C=O) groups excluding carboxylic acids is 1. The topological polar surface area (TPSA) is 73.6 Å². The zero-order chi connectivity index (χ0) is 15.2. The van der Waals surface area contributed by atoms with Gasteiger partial charge in [0.25, 0.3) is 5.91 Å². The van der Waals surface area contributed by atoms with Crippen molar-refractivity contribution < 1.29 is 14.3 Å². The molecular formula is C14H12Cl2N2O3. The molecule has 0 unspecified atom stereocenters. The highest BCUT2D eigenvalue weighted by atomic mass is 35.5. The summed E-state index contributed by atoms with van der Waals surface area (Å²) in [6, 6.07) is 11.7. The number of rotatable bonds is 5. The lowest BCUT2D eigenvalue weighted by molar-refractivity contribution is -0.123. The molecule has 2 aromatic carbocycles. The predicted molar refractivity (Wildman–Crippen MR) is 80.8 cm³/mol. The first kappa shape index (κ1) is 15.4. The van der Waals surface area contributed by atoms with E-state index in [0.717, 1.165) is 0 Å². The van der Waals surface area contributed by atoms with Gasteiger partial charge in [-0.1, -0.05) is 23.2 Å². The average molecular weight is 327 g/mol.